The Labute approximate surface area is 190 Å². The van der Waals surface area contributed by atoms with Crippen LogP contribution in [0.3, 0.4) is 0 Å². The summed E-state index contributed by atoms with van der Waals surface area (Å²) in [6.45, 7) is 0. The molecule has 4 aromatic carbocycles. The van der Waals surface area contributed by atoms with E-state index in [4.69, 9.17) is 15.1 Å². The van der Waals surface area contributed by atoms with Crippen molar-refractivity contribution >= 4 is 7.32 Å². The first-order valence-electron chi connectivity index (χ1n) is 8.42. The van der Waals surface area contributed by atoms with Crippen molar-refractivity contribution in [3.63, 3.8) is 0 Å². The summed E-state index contributed by atoms with van der Waals surface area (Å²) in [6.07, 6.45) is 0. The van der Waals surface area contributed by atoms with Gasteiger partial charge in [0.05, 0.1) is 0 Å². The monoisotopic (exact) mass is 477 g/mol. The van der Waals surface area contributed by atoms with Crippen LogP contribution in [0, 0.1) is 24.3 Å². The van der Waals surface area contributed by atoms with Crippen molar-refractivity contribution in [1.29, 1.82) is 0 Å². The molecular formula is C24H23AgBO3-4. The zero-order valence-electron chi connectivity index (χ0n) is 15.8. The van der Waals surface area contributed by atoms with E-state index in [1.54, 1.807) is 0 Å². The Balaban J connectivity index is 0. The number of hydrogen-bond acceptors (Lipinski definition) is 3. The van der Waals surface area contributed by atoms with Crippen molar-refractivity contribution < 1.29 is 37.5 Å². The molecule has 29 heavy (non-hydrogen) atoms. The molecule has 0 saturated carbocycles. The minimum absolute atomic E-state index is 0. The molecule has 0 aromatic heterocycles. The molecule has 1 radical (unpaired) electrons. The van der Waals surface area contributed by atoms with E-state index in [9.17, 15) is 0 Å². The van der Waals surface area contributed by atoms with E-state index in [2.05, 4.69) is 24.3 Å². The maximum atomic E-state index is 7.17. The predicted molar refractivity (Wildman–Crippen MR) is 114 cm³/mol. The van der Waals surface area contributed by atoms with E-state index in [1.165, 1.54) is 0 Å². The van der Waals surface area contributed by atoms with Gasteiger partial charge in [0.1, 0.15) is 0 Å². The molecule has 0 amide bonds. The van der Waals surface area contributed by atoms with Gasteiger partial charge >= 0.3 is 7.32 Å². The molecule has 155 valence electrons. The van der Waals surface area contributed by atoms with E-state index >= 15 is 0 Å². The summed E-state index contributed by atoms with van der Waals surface area (Å²) in [5.41, 5.74) is 0. The summed E-state index contributed by atoms with van der Waals surface area (Å²) < 4.78 is 0. The van der Waals surface area contributed by atoms with Gasteiger partial charge in [-0.3, -0.25) is 0 Å². The van der Waals surface area contributed by atoms with Crippen LogP contribution in [0.5, 0.6) is 0 Å². The van der Waals surface area contributed by atoms with Gasteiger partial charge in [-0.15, -0.1) is 0 Å². The molecule has 5 heteroatoms. The molecule has 0 atom stereocenters. The van der Waals surface area contributed by atoms with E-state index in [0.717, 1.165) is 0 Å². The van der Waals surface area contributed by atoms with Crippen LogP contribution in [0.25, 0.3) is 0 Å². The van der Waals surface area contributed by atoms with Gasteiger partial charge in [-0.25, -0.2) is 0 Å². The fourth-order valence-electron chi connectivity index (χ4n) is 1.37. The van der Waals surface area contributed by atoms with E-state index < -0.39 is 7.32 Å². The molecule has 0 fully saturated rings. The third-order valence-electron chi connectivity index (χ3n) is 2.43. The molecule has 4 aromatic rings. The predicted octanol–water partition coefficient (Wildman–Crippen LogP) is 3.89. The Bertz CT molecular complexity index is 480. The average molecular weight is 478 g/mol. The Hall–Kier alpha value is -2.43. The van der Waals surface area contributed by atoms with Crippen LogP contribution in [-0.2, 0) is 22.4 Å². The Morgan fingerprint density at radius 3 is 0.517 bits per heavy atom. The normalized spacial score (nSPS) is 7.55. The maximum absolute atomic E-state index is 7.17. The third-order valence-corrected chi connectivity index (χ3v) is 2.43. The Kier molecular flexibility index (Phi) is 25.4. The molecule has 0 saturated heterocycles. The smallest absolute Gasteiger partial charge is 0.402 e. The van der Waals surface area contributed by atoms with Crippen LogP contribution in [0.1, 0.15) is 0 Å². The molecule has 0 heterocycles. The van der Waals surface area contributed by atoms with Crippen LogP contribution >= 0.6 is 0 Å². The Morgan fingerprint density at radius 2 is 0.483 bits per heavy atom. The summed E-state index contributed by atoms with van der Waals surface area (Å²) in [6, 6.07) is 50.0. The molecule has 0 bridgehead atoms. The Morgan fingerprint density at radius 1 is 0.345 bits per heavy atom. The molecule has 0 spiro atoms. The zero-order valence-corrected chi connectivity index (χ0v) is 17.2. The summed E-state index contributed by atoms with van der Waals surface area (Å²) in [4.78, 5) is 0. The molecular weight excluding hydrogens is 455 g/mol. The second kappa shape index (κ2) is 25.6. The van der Waals surface area contributed by atoms with Crippen LogP contribution in [0.15, 0.2) is 121 Å². The summed E-state index contributed by atoms with van der Waals surface area (Å²) in [7, 11) is -2.17. The van der Waals surface area contributed by atoms with E-state index in [0.29, 0.717) is 0 Å². The van der Waals surface area contributed by atoms with Crippen LogP contribution in [-0.4, -0.2) is 22.4 Å². The standard InChI is InChI=1S/4C6H5.Ag.BH3O3/c4*1-2-4-6-5-3-1;;2-1(3)4/h4*1-5H;;2-4H/q4*-1;;. The van der Waals surface area contributed by atoms with Gasteiger partial charge in [-0.1, -0.05) is 0 Å². The molecule has 0 aliphatic carbocycles. The molecule has 0 aliphatic heterocycles. The van der Waals surface area contributed by atoms with Crippen LogP contribution in [0.4, 0.5) is 0 Å². The second-order valence-electron chi connectivity index (χ2n) is 4.66. The van der Waals surface area contributed by atoms with E-state index in [-0.39, 0.29) is 22.4 Å². The van der Waals surface area contributed by atoms with Crippen molar-refractivity contribution in [3.05, 3.63) is 146 Å². The number of hydrogen-bond donors (Lipinski definition) is 3. The van der Waals surface area contributed by atoms with Gasteiger partial charge in [0.25, 0.3) is 0 Å². The van der Waals surface area contributed by atoms with Crippen LogP contribution < -0.4 is 0 Å². The molecule has 3 N–H and O–H groups in total. The summed E-state index contributed by atoms with van der Waals surface area (Å²) in [5, 5.41) is 21.5. The molecule has 0 unspecified atom stereocenters. The van der Waals surface area contributed by atoms with Crippen LogP contribution in [0.2, 0.25) is 0 Å². The van der Waals surface area contributed by atoms with Crippen molar-refractivity contribution in [3.8, 4) is 0 Å². The fourth-order valence-corrected chi connectivity index (χ4v) is 1.37. The largest absolute Gasteiger partial charge is 0.631 e. The minimum atomic E-state index is -2.17. The first kappa shape index (κ1) is 28.8. The van der Waals surface area contributed by atoms with Crippen molar-refractivity contribution in [1.82, 2.24) is 0 Å². The van der Waals surface area contributed by atoms with Gasteiger partial charge in [-0.05, 0) is 0 Å². The topological polar surface area (TPSA) is 60.7 Å². The molecule has 3 nitrogen and oxygen atoms in total. The zero-order chi connectivity index (χ0) is 20.5. The van der Waals surface area contributed by atoms with Gasteiger partial charge in [-0.2, -0.15) is 146 Å². The first-order valence-corrected chi connectivity index (χ1v) is 8.42. The number of benzene rings is 4. The minimum Gasteiger partial charge on any atom is -0.402 e. The van der Waals surface area contributed by atoms with Gasteiger partial charge in [0, 0.05) is 22.4 Å². The maximum Gasteiger partial charge on any atom is 0.631 e. The number of rotatable bonds is 0. The fraction of sp³-hybridized carbons (Fsp3) is 0. The van der Waals surface area contributed by atoms with E-state index in [1.807, 2.05) is 121 Å². The molecule has 0 aliphatic rings. The third kappa shape index (κ3) is 30.5. The van der Waals surface area contributed by atoms with Gasteiger partial charge < -0.3 is 15.1 Å². The summed E-state index contributed by atoms with van der Waals surface area (Å²) in [5.74, 6) is 0. The SMILES string of the molecule is OB(O)O.[Ag].[c-]1ccccc1.[c-]1ccccc1.[c-]1ccccc1.[c-]1ccccc1. The quantitative estimate of drug-likeness (QED) is 0.266. The van der Waals surface area contributed by atoms with Gasteiger partial charge in [0.2, 0.25) is 0 Å². The summed E-state index contributed by atoms with van der Waals surface area (Å²) >= 11 is 0. The van der Waals surface area contributed by atoms with Crippen molar-refractivity contribution in [2.75, 3.05) is 0 Å². The van der Waals surface area contributed by atoms with Crippen molar-refractivity contribution in [2.24, 2.45) is 0 Å². The second-order valence-corrected chi connectivity index (χ2v) is 4.66. The average Bonchev–Trinajstić information content (AvgIpc) is 2.79. The van der Waals surface area contributed by atoms with Gasteiger partial charge in [0.15, 0.2) is 0 Å². The first-order chi connectivity index (χ1) is 13.7. The molecule has 4 rings (SSSR count). The van der Waals surface area contributed by atoms with Crippen molar-refractivity contribution in [2.45, 2.75) is 0 Å².